The molecule has 1 saturated heterocycles. The van der Waals surface area contributed by atoms with Crippen LogP contribution in [0.25, 0.3) is 0 Å². The predicted molar refractivity (Wildman–Crippen MR) is 105 cm³/mol. The Morgan fingerprint density at radius 2 is 1.36 bits per heavy atom. The fraction of sp³-hybridized carbons (Fsp3) is 0.318. The molecular weight excluding hydrogens is 354 g/mol. The highest BCUT2D eigenvalue weighted by Gasteiger charge is 2.35. The first-order chi connectivity index (χ1) is 13.6. The monoisotopic (exact) mass is 377 g/mol. The van der Waals surface area contributed by atoms with Crippen LogP contribution >= 0.6 is 0 Å². The summed E-state index contributed by atoms with van der Waals surface area (Å²) in [6, 6.07) is 17.1. The second-order valence-electron chi connectivity index (χ2n) is 7.20. The van der Waals surface area contributed by atoms with E-state index in [-0.39, 0.29) is 30.7 Å². The fourth-order valence-electron chi connectivity index (χ4n) is 3.80. The lowest BCUT2D eigenvalue weighted by molar-refractivity contribution is -0.133. The average molecular weight is 377 g/mol. The summed E-state index contributed by atoms with van der Waals surface area (Å²) in [5, 5.41) is 0. The van der Waals surface area contributed by atoms with Gasteiger partial charge in [0.25, 0.3) is 11.8 Å². The fourth-order valence-corrected chi connectivity index (χ4v) is 3.80. The van der Waals surface area contributed by atoms with Gasteiger partial charge in [-0.05, 0) is 17.7 Å². The number of rotatable bonds is 5. The number of imide groups is 1. The molecule has 0 atom stereocenters. The first-order valence-electron chi connectivity index (χ1n) is 9.63. The Kier molecular flexibility index (Phi) is 5.21. The number of carbonyl (C=O) groups excluding carboxylic acids is 3. The molecule has 2 aromatic carbocycles. The van der Waals surface area contributed by atoms with Crippen molar-refractivity contribution in [2.24, 2.45) is 0 Å². The van der Waals surface area contributed by atoms with Crippen molar-refractivity contribution in [3.05, 3.63) is 71.3 Å². The van der Waals surface area contributed by atoms with Crippen LogP contribution < -0.4 is 0 Å². The van der Waals surface area contributed by atoms with Crippen LogP contribution in [0.4, 0.5) is 0 Å². The highest BCUT2D eigenvalue weighted by molar-refractivity contribution is 6.21. The molecule has 0 unspecified atom stereocenters. The number of amides is 3. The molecule has 0 aliphatic carbocycles. The summed E-state index contributed by atoms with van der Waals surface area (Å²) < 4.78 is 0. The standard InChI is InChI=1S/C22H23N3O3/c26-20(10-11-25-21(27)18-8-4-5-9-19(18)22(25)28)24-14-12-23(13-15-24)16-17-6-2-1-3-7-17/h1-9H,10-16H2. The van der Waals surface area contributed by atoms with Gasteiger partial charge in [0.05, 0.1) is 11.1 Å². The van der Waals surface area contributed by atoms with E-state index in [1.54, 1.807) is 24.3 Å². The van der Waals surface area contributed by atoms with E-state index < -0.39 is 0 Å². The minimum Gasteiger partial charge on any atom is -0.340 e. The van der Waals surface area contributed by atoms with Gasteiger partial charge in [-0.25, -0.2) is 0 Å². The summed E-state index contributed by atoms with van der Waals surface area (Å²) in [5.74, 6) is -0.613. The van der Waals surface area contributed by atoms with Crippen LogP contribution in [0.2, 0.25) is 0 Å². The topological polar surface area (TPSA) is 60.9 Å². The smallest absolute Gasteiger partial charge is 0.261 e. The second-order valence-corrected chi connectivity index (χ2v) is 7.20. The van der Waals surface area contributed by atoms with E-state index in [2.05, 4.69) is 17.0 Å². The lowest BCUT2D eigenvalue weighted by Crippen LogP contribution is -2.49. The van der Waals surface area contributed by atoms with Gasteiger partial charge in [0.15, 0.2) is 0 Å². The Morgan fingerprint density at radius 1 is 0.786 bits per heavy atom. The van der Waals surface area contributed by atoms with E-state index in [4.69, 9.17) is 0 Å². The molecule has 2 aliphatic heterocycles. The first-order valence-corrected chi connectivity index (χ1v) is 9.63. The molecule has 3 amide bonds. The maximum absolute atomic E-state index is 12.6. The van der Waals surface area contributed by atoms with Crippen LogP contribution in [0.3, 0.4) is 0 Å². The van der Waals surface area contributed by atoms with E-state index >= 15 is 0 Å². The zero-order valence-corrected chi connectivity index (χ0v) is 15.7. The van der Waals surface area contributed by atoms with Crippen LogP contribution in [0.1, 0.15) is 32.7 Å². The molecule has 2 heterocycles. The Labute approximate surface area is 164 Å². The van der Waals surface area contributed by atoms with Gasteiger partial charge in [0.1, 0.15) is 0 Å². The van der Waals surface area contributed by atoms with Crippen molar-refractivity contribution in [3.8, 4) is 0 Å². The number of nitrogens with zero attached hydrogens (tertiary/aromatic N) is 3. The van der Waals surface area contributed by atoms with Gasteiger partial charge in [-0.2, -0.15) is 0 Å². The van der Waals surface area contributed by atoms with Crippen LogP contribution in [-0.4, -0.2) is 65.1 Å². The van der Waals surface area contributed by atoms with Crippen molar-refractivity contribution in [2.45, 2.75) is 13.0 Å². The molecule has 0 aromatic heterocycles. The largest absolute Gasteiger partial charge is 0.340 e. The SMILES string of the molecule is O=C(CCN1C(=O)c2ccccc2C1=O)N1CCN(Cc2ccccc2)CC1. The van der Waals surface area contributed by atoms with E-state index in [9.17, 15) is 14.4 Å². The van der Waals surface area contributed by atoms with Gasteiger partial charge in [-0.1, -0.05) is 42.5 Å². The highest BCUT2D eigenvalue weighted by Crippen LogP contribution is 2.22. The third kappa shape index (κ3) is 3.68. The molecule has 2 aromatic rings. The zero-order valence-electron chi connectivity index (χ0n) is 15.7. The molecule has 0 radical (unpaired) electrons. The number of piperazine rings is 1. The maximum atomic E-state index is 12.6. The minimum atomic E-state index is -0.305. The molecule has 4 rings (SSSR count). The molecule has 1 fully saturated rings. The highest BCUT2D eigenvalue weighted by atomic mass is 16.2. The van der Waals surface area contributed by atoms with Gasteiger partial charge >= 0.3 is 0 Å². The van der Waals surface area contributed by atoms with E-state index in [0.717, 1.165) is 19.6 Å². The Hall–Kier alpha value is -2.99. The van der Waals surface area contributed by atoms with Gasteiger partial charge in [-0.3, -0.25) is 24.2 Å². The second kappa shape index (κ2) is 7.94. The number of hydrogen-bond donors (Lipinski definition) is 0. The zero-order chi connectivity index (χ0) is 19.5. The van der Waals surface area contributed by atoms with Crippen LogP contribution in [-0.2, 0) is 11.3 Å². The van der Waals surface area contributed by atoms with Crippen LogP contribution in [0, 0.1) is 0 Å². The van der Waals surface area contributed by atoms with Crippen molar-refractivity contribution in [1.29, 1.82) is 0 Å². The van der Waals surface area contributed by atoms with Crippen molar-refractivity contribution >= 4 is 17.7 Å². The molecular formula is C22H23N3O3. The van der Waals surface area contributed by atoms with Crippen molar-refractivity contribution in [3.63, 3.8) is 0 Å². The van der Waals surface area contributed by atoms with E-state index in [0.29, 0.717) is 24.2 Å². The van der Waals surface area contributed by atoms with Gasteiger partial charge in [-0.15, -0.1) is 0 Å². The quantitative estimate of drug-likeness (QED) is 0.748. The number of benzene rings is 2. The van der Waals surface area contributed by atoms with Gasteiger partial charge in [0.2, 0.25) is 5.91 Å². The predicted octanol–water partition coefficient (Wildman–Crippen LogP) is 2.02. The first kappa shape index (κ1) is 18.4. The summed E-state index contributed by atoms with van der Waals surface area (Å²) in [7, 11) is 0. The normalized spacial score (nSPS) is 17.1. The number of carbonyl (C=O) groups is 3. The van der Waals surface area contributed by atoms with Crippen molar-refractivity contribution in [1.82, 2.24) is 14.7 Å². The maximum Gasteiger partial charge on any atom is 0.261 e. The molecule has 6 heteroatoms. The van der Waals surface area contributed by atoms with E-state index in [1.165, 1.54) is 10.5 Å². The third-order valence-electron chi connectivity index (χ3n) is 5.40. The Bertz CT molecular complexity index is 854. The lowest BCUT2D eigenvalue weighted by Gasteiger charge is -2.35. The molecule has 6 nitrogen and oxygen atoms in total. The summed E-state index contributed by atoms with van der Waals surface area (Å²) in [6.45, 7) is 4.02. The molecule has 2 aliphatic rings. The third-order valence-corrected chi connectivity index (χ3v) is 5.40. The Morgan fingerprint density at radius 3 is 1.96 bits per heavy atom. The summed E-state index contributed by atoms with van der Waals surface area (Å²) in [5.41, 5.74) is 2.12. The molecule has 0 saturated carbocycles. The number of hydrogen-bond acceptors (Lipinski definition) is 4. The molecule has 0 spiro atoms. The summed E-state index contributed by atoms with van der Waals surface area (Å²) in [6.07, 6.45) is 0.171. The van der Waals surface area contributed by atoms with Crippen molar-refractivity contribution in [2.75, 3.05) is 32.7 Å². The van der Waals surface area contributed by atoms with Gasteiger partial charge in [0, 0.05) is 45.7 Å². The molecule has 0 bridgehead atoms. The van der Waals surface area contributed by atoms with Gasteiger partial charge < -0.3 is 4.90 Å². The van der Waals surface area contributed by atoms with Crippen LogP contribution in [0.15, 0.2) is 54.6 Å². The molecule has 28 heavy (non-hydrogen) atoms. The molecule has 144 valence electrons. The van der Waals surface area contributed by atoms with Crippen molar-refractivity contribution < 1.29 is 14.4 Å². The van der Waals surface area contributed by atoms with E-state index in [1.807, 2.05) is 23.1 Å². The Balaban J connectivity index is 1.27. The lowest BCUT2D eigenvalue weighted by atomic mass is 10.1. The average Bonchev–Trinajstić information content (AvgIpc) is 2.98. The minimum absolute atomic E-state index is 0.00378. The summed E-state index contributed by atoms with van der Waals surface area (Å²) >= 11 is 0. The number of fused-ring (bicyclic) bond motifs is 1. The van der Waals surface area contributed by atoms with Crippen LogP contribution in [0.5, 0.6) is 0 Å². The summed E-state index contributed by atoms with van der Waals surface area (Å²) in [4.78, 5) is 42.7. The molecule has 0 N–H and O–H groups in total.